The van der Waals surface area contributed by atoms with E-state index >= 15 is 0 Å². The molecule has 0 unspecified atom stereocenters. The largest absolute Gasteiger partial charge is 0.361 e. The molecule has 0 spiro atoms. The highest BCUT2D eigenvalue weighted by Crippen LogP contribution is 2.19. The Hall–Kier alpha value is -2.83. The number of hydrogen-bond donors (Lipinski definition) is 3. The number of halogens is 1. The predicted molar refractivity (Wildman–Crippen MR) is 103 cm³/mol. The molecule has 0 saturated heterocycles. The van der Waals surface area contributed by atoms with E-state index in [0.29, 0.717) is 0 Å². The second-order valence-corrected chi connectivity index (χ2v) is 6.06. The Morgan fingerprint density at radius 3 is 3.08 bits per heavy atom. The molecule has 1 aromatic carbocycles. The first-order valence-electron chi connectivity index (χ1n) is 9.01. The van der Waals surface area contributed by atoms with Crippen molar-refractivity contribution in [2.45, 2.75) is 26.3 Å². The van der Waals surface area contributed by atoms with Gasteiger partial charge in [-0.05, 0) is 49.6 Å². The minimum Gasteiger partial charge on any atom is -0.361 e. The maximum Gasteiger partial charge on any atom is 0.191 e. The lowest BCUT2D eigenvalue weighted by atomic mass is 10.1. The fourth-order valence-corrected chi connectivity index (χ4v) is 2.87. The average molecular weight is 356 g/mol. The molecule has 0 aliphatic rings. The van der Waals surface area contributed by atoms with Crippen LogP contribution in [0.4, 0.5) is 4.39 Å². The zero-order chi connectivity index (χ0) is 18.2. The van der Waals surface area contributed by atoms with Crippen molar-refractivity contribution in [1.82, 2.24) is 25.4 Å². The third kappa shape index (κ3) is 4.84. The summed E-state index contributed by atoms with van der Waals surface area (Å²) < 4.78 is 15.4. The van der Waals surface area contributed by atoms with E-state index in [2.05, 4.69) is 25.7 Å². The molecule has 0 bridgehead atoms. The molecule has 138 valence electrons. The molecule has 2 aromatic heterocycles. The quantitative estimate of drug-likeness (QED) is 0.330. The number of aliphatic imine (C=N–C) groups is 1. The van der Waals surface area contributed by atoms with Gasteiger partial charge in [0.15, 0.2) is 5.96 Å². The van der Waals surface area contributed by atoms with E-state index in [1.165, 1.54) is 6.07 Å². The monoisotopic (exact) mass is 356 g/mol. The van der Waals surface area contributed by atoms with Gasteiger partial charge in [0.1, 0.15) is 5.82 Å². The van der Waals surface area contributed by atoms with Crippen molar-refractivity contribution in [3.63, 3.8) is 0 Å². The highest BCUT2D eigenvalue weighted by molar-refractivity contribution is 5.83. The summed E-state index contributed by atoms with van der Waals surface area (Å²) in [7, 11) is 0. The van der Waals surface area contributed by atoms with Gasteiger partial charge >= 0.3 is 0 Å². The van der Waals surface area contributed by atoms with Crippen molar-refractivity contribution in [1.29, 1.82) is 0 Å². The van der Waals surface area contributed by atoms with Crippen LogP contribution < -0.4 is 10.6 Å². The van der Waals surface area contributed by atoms with Crippen molar-refractivity contribution < 1.29 is 4.39 Å². The van der Waals surface area contributed by atoms with Gasteiger partial charge < -0.3 is 15.6 Å². The number of benzene rings is 1. The summed E-state index contributed by atoms with van der Waals surface area (Å²) in [5, 5.41) is 11.7. The molecule has 0 fully saturated rings. The molecule has 0 aliphatic heterocycles. The fourth-order valence-electron chi connectivity index (χ4n) is 2.87. The third-order valence-electron chi connectivity index (χ3n) is 4.13. The predicted octanol–water partition coefficient (Wildman–Crippen LogP) is 2.69. The topological polar surface area (TPSA) is 70.0 Å². The number of fused-ring (bicyclic) bond motifs is 1. The van der Waals surface area contributed by atoms with E-state index < -0.39 is 0 Å². The van der Waals surface area contributed by atoms with E-state index in [1.54, 1.807) is 18.3 Å². The van der Waals surface area contributed by atoms with E-state index in [0.717, 1.165) is 61.4 Å². The lowest BCUT2D eigenvalue weighted by molar-refractivity contribution is 0.584. The summed E-state index contributed by atoms with van der Waals surface area (Å²) in [6.45, 7) is 5.17. The molecule has 26 heavy (non-hydrogen) atoms. The van der Waals surface area contributed by atoms with Gasteiger partial charge in [0.2, 0.25) is 0 Å². The fraction of sp³-hybridized carbons (Fsp3) is 0.368. The lowest BCUT2D eigenvalue weighted by Gasteiger charge is -2.11. The Balaban J connectivity index is 1.49. The van der Waals surface area contributed by atoms with E-state index in [-0.39, 0.29) is 5.82 Å². The van der Waals surface area contributed by atoms with Crippen LogP contribution in [0.1, 0.15) is 18.9 Å². The third-order valence-corrected chi connectivity index (χ3v) is 4.13. The Labute approximate surface area is 152 Å². The van der Waals surface area contributed by atoms with E-state index in [1.807, 2.05) is 30.1 Å². The summed E-state index contributed by atoms with van der Waals surface area (Å²) >= 11 is 0. The molecular formula is C19H25FN6. The standard InChI is InChI=1S/C19H25FN6/c1-2-21-19(22-8-3-11-26-12-4-9-25-26)23-10-7-15-14-24-18-6-5-16(20)13-17(15)18/h4-6,9,12-14,24H,2-3,7-8,10-11H2,1H3,(H2,21,22,23). The van der Waals surface area contributed by atoms with Crippen molar-refractivity contribution in [2.24, 2.45) is 4.99 Å². The number of H-pyrrole nitrogens is 1. The van der Waals surface area contributed by atoms with Crippen molar-refractivity contribution >= 4 is 16.9 Å². The molecule has 7 heteroatoms. The molecule has 0 radical (unpaired) electrons. The summed E-state index contributed by atoms with van der Waals surface area (Å²) in [6.07, 6.45) is 7.41. The number of guanidine groups is 1. The number of rotatable bonds is 8. The van der Waals surface area contributed by atoms with Gasteiger partial charge in [0, 0.05) is 55.7 Å². The Kier molecular flexibility index (Phi) is 6.24. The van der Waals surface area contributed by atoms with Gasteiger partial charge in [-0.25, -0.2) is 4.39 Å². The summed E-state index contributed by atoms with van der Waals surface area (Å²) in [5.74, 6) is 0.595. The molecule has 3 aromatic rings. The zero-order valence-corrected chi connectivity index (χ0v) is 15.0. The average Bonchev–Trinajstić information content (AvgIpc) is 3.28. The highest BCUT2D eigenvalue weighted by Gasteiger charge is 2.05. The van der Waals surface area contributed by atoms with Crippen LogP contribution in [0.25, 0.3) is 10.9 Å². The minimum absolute atomic E-state index is 0.210. The number of nitrogens with zero attached hydrogens (tertiary/aromatic N) is 3. The number of aryl methyl sites for hydroxylation is 1. The molecule has 6 nitrogen and oxygen atoms in total. The molecule has 2 heterocycles. The van der Waals surface area contributed by atoms with Crippen LogP contribution in [0.15, 0.2) is 47.8 Å². The molecular weight excluding hydrogens is 331 g/mol. The number of hydrogen-bond acceptors (Lipinski definition) is 2. The zero-order valence-electron chi connectivity index (χ0n) is 15.0. The van der Waals surface area contributed by atoms with Crippen molar-refractivity contribution in [2.75, 3.05) is 19.6 Å². The molecule has 0 aliphatic carbocycles. The molecule has 0 atom stereocenters. The minimum atomic E-state index is -0.210. The molecule has 3 N–H and O–H groups in total. The van der Waals surface area contributed by atoms with Crippen LogP contribution in [0.5, 0.6) is 0 Å². The first kappa shape index (κ1) is 18.0. The smallest absolute Gasteiger partial charge is 0.191 e. The second-order valence-electron chi connectivity index (χ2n) is 6.06. The maximum absolute atomic E-state index is 13.5. The van der Waals surface area contributed by atoms with E-state index in [4.69, 9.17) is 0 Å². The molecule has 3 rings (SSSR count). The normalized spacial score (nSPS) is 11.8. The number of aromatic amines is 1. The summed E-state index contributed by atoms with van der Waals surface area (Å²) in [5.41, 5.74) is 2.06. The van der Waals surface area contributed by atoms with Crippen LogP contribution in [0, 0.1) is 5.82 Å². The first-order valence-corrected chi connectivity index (χ1v) is 9.01. The van der Waals surface area contributed by atoms with E-state index in [9.17, 15) is 4.39 Å². The first-order chi connectivity index (χ1) is 12.8. The van der Waals surface area contributed by atoms with Gasteiger partial charge in [-0.1, -0.05) is 0 Å². The van der Waals surface area contributed by atoms with Crippen LogP contribution in [-0.4, -0.2) is 40.4 Å². The maximum atomic E-state index is 13.5. The number of nitrogens with one attached hydrogen (secondary N) is 3. The molecule has 0 amide bonds. The van der Waals surface area contributed by atoms with Gasteiger partial charge in [-0.3, -0.25) is 9.67 Å². The van der Waals surface area contributed by atoms with Crippen LogP contribution in [-0.2, 0) is 13.0 Å². The van der Waals surface area contributed by atoms with Gasteiger partial charge in [0.25, 0.3) is 0 Å². The molecule has 0 saturated carbocycles. The van der Waals surface area contributed by atoms with Crippen molar-refractivity contribution in [3.8, 4) is 0 Å². The van der Waals surface area contributed by atoms with Gasteiger partial charge in [0.05, 0.1) is 0 Å². The van der Waals surface area contributed by atoms with Crippen LogP contribution >= 0.6 is 0 Å². The summed E-state index contributed by atoms with van der Waals surface area (Å²) in [6, 6.07) is 6.74. The Morgan fingerprint density at radius 2 is 2.27 bits per heavy atom. The Bertz CT molecular complexity index is 837. The van der Waals surface area contributed by atoms with Gasteiger partial charge in [-0.2, -0.15) is 5.10 Å². The van der Waals surface area contributed by atoms with Gasteiger partial charge in [-0.15, -0.1) is 0 Å². The van der Waals surface area contributed by atoms with Crippen LogP contribution in [0.2, 0.25) is 0 Å². The lowest BCUT2D eigenvalue weighted by Crippen LogP contribution is -2.38. The SMILES string of the molecule is CCNC(=NCCCn1cccn1)NCCc1c[nH]c2ccc(F)cc12. The Morgan fingerprint density at radius 1 is 1.35 bits per heavy atom. The van der Waals surface area contributed by atoms with Crippen molar-refractivity contribution in [3.05, 3.63) is 54.2 Å². The van der Waals surface area contributed by atoms with Crippen LogP contribution in [0.3, 0.4) is 0 Å². The highest BCUT2D eigenvalue weighted by atomic mass is 19.1. The number of aromatic nitrogens is 3. The second kappa shape index (κ2) is 9.03. The summed E-state index contributed by atoms with van der Waals surface area (Å²) in [4.78, 5) is 7.78.